The Balaban J connectivity index is 1.83. The number of carbonyl (C=O) groups is 1. The zero-order chi connectivity index (χ0) is 13.9. The molecule has 0 aromatic carbocycles. The van der Waals surface area contributed by atoms with E-state index in [0.29, 0.717) is 26.0 Å². The molecule has 0 bridgehead atoms. The summed E-state index contributed by atoms with van der Waals surface area (Å²) in [7, 11) is 0. The number of nitrogens with one attached hydrogen (secondary N) is 2. The Morgan fingerprint density at radius 1 is 1.32 bits per heavy atom. The van der Waals surface area contributed by atoms with Crippen molar-refractivity contribution in [3.8, 4) is 0 Å². The predicted molar refractivity (Wildman–Crippen MR) is 62.6 cm³/mol. The van der Waals surface area contributed by atoms with Crippen molar-refractivity contribution in [3.63, 3.8) is 0 Å². The van der Waals surface area contributed by atoms with Gasteiger partial charge in [0, 0.05) is 12.6 Å². The van der Waals surface area contributed by atoms with Crippen LogP contribution in [-0.4, -0.2) is 43.9 Å². The van der Waals surface area contributed by atoms with E-state index in [0.717, 1.165) is 0 Å². The Hall–Kier alpha value is -0.820. The van der Waals surface area contributed by atoms with Gasteiger partial charge in [-0.1, -0.05) is 6.42 Å². The Morgan fingerprint density at radius 3 is 2.74 bits per heavy atom. The van der Waals surface area contributed by atoms with Crippen molar-refractivity contribution in [2.75, 3.05) is 19.8 Å². The molecule has 1 heterocycles. The molecular weight excluding hydrogens is 261 g/mol. The van der Waals surface area contributed by atoms with Crippen LogP contribution in [-0.2, 0) is 9.53 Å². The molecule has 0 spiro atoms. The molecule has 1 amide bonds. The normalized spacial score (nSPS) is 32.9. The molecule has 1 saturated carbocycles. The summed E-state index contributed by atoms with van der Waals surface area (Å²) < 4.78 is 43.1. The summed E-state index contributed by atoms with van der Waals surface area (Å²) in [5, 5.41) is 5.70. The van der Waals surface area contributed by atoms with Crippen LogP contribution < -0.4 is 10.6 Å². The number of morpholine rings is 1. The van der Waals surface area contributed by atoms with Gasteiger partial charge in [0.15, 0.2) is 0 Å². The van der Waals surface area contributed by atoms with Crippen molar-refractivity contribution in [1.82, 2.24) is 10.6 Å². The second-order valence-electron chi connectivity index (χ2n) is 5.19. The van der Waals surface area contributed by atoms with Gasteiger partial charge in [0.25, 0.3) is 0 Å². The minimum Gasteiger partial charge on any atom is -0.378 e. The van der Waals surface area contributed by atoms with E-state index in [1.165, 1.54) is 0 Å². The van der Waals surface area contributed by atoms with E-state index in [2.05, 4.69) is 10.6 Å². The van der Waals surface area contributed by atoms with Gasteiger partial charge in [0.05, 0.1) is 19.1 Å². The first kappa shape index (κ1) is 14.6. The van der Waals surface area contributed by atoms with E-state index >= 15 is 0 Å². The number of ether oxygens (including phenoxy) is 1. The molecule has 2 rings (SSSR count). The molecule has 7 heteroatoms. The van der Waals surface area contributed by atoms with Crippen LogP contribution in [0.1, 0.15) is 25.7 Å². The molecule has 1 aliphatic carbocycles. The van der Waals surface area contributed by atoms with Crippen molar-refractivity contribution >= 4 is 5.91 Å². The fraction of sp³-hybridized carbons (Fsp3) is 0.917. The highest BCUT2D eigenvalue weighted by Crippen LogP contribution is 2.37. The van der Waals surface area contributed by atoms with Crippen LogP contribution >= 0.6 is 0 Å². The highest BCUT2D eigenvalue weighted by atomic mass is 19.4. The Bertz CT molecular complexity index is 317. The van der Waals surface area contributed by atoms with Crippen LogP contribution in [0.4, 0.5) is 13.2 Å². The summed E-state index contributed by atoms with van der Waals surface area (Å²) in [5.74, 6) is -1.55. The Morgan fingerprint density at radius 2 is 2.11 bits per heavy atom. The van der Waals surface area contributed by atoms with E-state index in [9.17, 15) is 18.0 Å². The quantitative estimate of drug-likeness (QED) is 0.799. The number of hydrogen-bond donors (Lipinski definition) is 2. The lowest BCUT2D eigenvalue weighted by Crippen LogP contribution is -2.54. The van der Waals surface area contributed by atoms with Crippen LogP contribution in [0.2, 0.25) is 0 Å². The average molecular weight is 280 g/mol. The molecule has 110 valence electrons. The monoisotopic (exact) mass is 280 g/mol. The average Bonchev–Trinajstić information content (AvgIpc) is 2.39. The number of alkyl halides is 3. The summed E-state index contributed by atoms with van der Waals surface area (Å²) in [5.41, 5.74) is 0. The lowest BCUT2D eigenvalue weighted by molar-refractivity contribution is -0.184. The van der Waals surface area contributed by atoms with Crippen LogP contribution in [0.5, 0.6) is 0 Å². The molecule has 19 heavy (non-hydrogen) atoms. The topological polar surface area (TPSA) is 50.4 Å². The Kier molecular flexibility index (Phi) is 4.67. The smallest absolute Gasteiger partial charge is 0.378 e. The van der Waals surface area contributed by atoms with Gasteiger partial charge >= 0.3 is 6.18 Å². The van der Waals surface area contributed by atoms with Crippen LogP contribution in [0.15, 0.2) is 0 Å². The van der Waals surface area contributed by atoms with Crippen molar-refractivity contribution in [2.45, 2.75) is 43.9 Å². The minimum atomic E-state index is -4.16. The molecule has 0 radical (unpaired) electrons. The summed E-state index contributed by atoms with van der Waals surface area (Å²) in [6, 6.07) is -0.823. The molecule has 3 unspecified atom stereocenters. The van der Waals surface area contributed by atoms with Crippen LogP contribution in [0, 0.1) is 5.92 Å². The molecule has 1 saturated heterocycles. The maximum atomic E-state index is 12.7. The SMILES string of the molecule is O=C(NC1CCCC(C(F)(F)F)C1)C1COCCN1. The summed E-state index contributed by atoms with van der Waals surface area (Å²) >= 11 is 0. The minimum absolute atomic E-state index is 0.0111. The van der Waals surface area contributed by atoms with Gasteiger partial charge in [0.2, 0.25) is 5.91 Å². The van der Waals surface area contributed by atoms with Gasteiger partial charge in [-0.3, -0.25) is 4.79 Å². The van der Waals surface area contributed by atoms with Crippen LogP contribution in [0.3, 0.4) is 0 Å². The van der Waals surface area contributed by atoms with Crippen molar-refractivity contribution in [1.29, 1.82) is 0 Å². The highest BCUT2D eigenvalue weighted by Gasteiger charge is 2.42. The zero-order valence-corrected chi connectivity index (χ0v) is 10.6. The standard InChI is InChI=1S/C12H19F3N2O2/c13-12(14,15)8-2-1-3-9(6-8)17-11(18)10-7-19-5-4-16-10/h8-10,16H,1-7H2,(H,17,18). The Labute approximate surface area is 110 Å². The van der Waals surface area contributed by atoms with E-state index in [1.54, 1.807) is 0 Å². The fourth-order valence-electron chi connectivity index (χ4n) is 2.65. The summed E-state index contributed by atoms with van der Waals surface area (Å²) in [6.07, 6.45) is -2.88. The van der Waals surface area contributed by atoms with Gasteiger partial charge in [-0.15, -0.1) is 0 Å². The maximum absolute atomic E-state index is 12.7. The second-order valence-corrected chi connectivity index (χ2v) is 5.19. The van der Waals surface area contributed by atoms with Gasteiger partial charge in [-0.05, 0) is 19.3 Å². The highest BCUT2D eigenvalue weighted by molar-refractivity contribution is 5.82. The number of hydrogen-bond acceptors (Lipinski definition) is 3. The predicted octanol–water partition coefficient (Wildman–Crippen LogP) is 1.21. The van der Waals surface area contributed by atoms with E-state index in [1.807, 2.05) is 0 Å². The lowest BCUT2D eigenvalue weighted by atomic mass is 9.85. The summed E-state index contributed by atoms with van der Waals surface area (Å²) in [4.78, 5) is 11.9. The first-order valence-electron chi connectivity index (χ1n) is 6.65. The van der Waals surface area contributed by atoms with Crippen molar-refractivity contribution in [2.24, 2.45) is 5.92 Å². The number of rotatable bonds is 2. The third-order valence-corrected chi connectivity index (χ3v) is 3.72. The molecule has 2 aliphatic rings. The van der Waals surface area contributed by atoms with E-state index < -0.39 is 18.1 Å². The van der Waals surface area contributed by atoms with Crippen molar-refractivity contribution in [3.05, 3.63) is 0 Å². The molecule has 0 aromatic rings. The number of halogens is 3. The molecule has 2 N–H and O–H groups in total. The molecule has 3 atom stereocenters. The number of carbonyl (C=O) groups excluding carboxylic acids is 1. The zero-order valence-electron chi connectivity index (χ0n) is 10.6. The number of amides is 1. The largest absolute Gasteiger partial charge is 0.391 e. The van der Waals surface area contributed by atoms with Gasteiger partial charge in [-0.2, -0.15) is 13.2 Å². The van der Waals surface area contributed by atoms with E-state index in [4.69, 9.17) is 4.74 Å². The molecular formula is C12H19F3N2O2. The van der Waals surface area contributed by atoms with E-state index in [-0.39, 0.29) is 31.4 Å². The third kappa shape index (κ3) is 4.07. The van der Waals surface area contributed by atoms with Gasteiger partial charge in [-0.25, -0.2) is 0 Å². The molecule has 2 fully saturated rings. The third-order valence-electron chi connectivity index (χ3n) is 3.72. The molecule has 1 aliphatic heterocycles. The second kappa shape index (κ2) is 6.09. The first-order chi connectivity index (χ1) is 8.97. The lowest BCUT2D eigenvalue weighted by Gasteiger charge is -2.32. The van der Waals surface area contributed by atoms with Gasteiger partial charge < -0.3 is 15.4 Å². The first-order valence-corrected chi connectivity index (χ1v) is 6.65. The molecule has 0 aromatic heterocycles. The molecule has 4 nitrogen and oxygen atoms in total. The van der Waals surface area contributed by atoms with Gasteiger partial charge in [0.1, 0.15) is 6.04 Å². The maximum Gasteiger partial charge on any atom is 0.391 e. The fourth-order valence-corrected chi connectivity index (χ4v) is 2.65. The van der Waals surface area contributed by atoms with Crippen LogP contribution in [0.25, 0.3) is 0 Å². The van der Waals surface area contributed by atoms with Crippen molar-refractivity contribution < 1.29 is 22.7 Å². The summed E-state index contributed by atoms with van der Waals surface area (Å²) in [6.45, 7) is 1.43.